The molecule has 8 heteroatoms. The third-order valence-corrected chi connectivity index (χ3v) is 5.32. The van der Waals surface area contributed by atoms with Gasteiger partial charge in [-0.3, -0.25) is 4.90 Å². The first-order valence-corrected chi connectivity index (χ1v) is 9.02. The zero-order chi connectivity index (χ0) is 18.1. The van der Waals surface area contributed by atoms with Crippen LogP contribution in [-0.4, -0.2) is 39.3 Å². The number of nitrogens with one attached hydrogen (secondary N) is 1. The molecule has 140 valence electrons. The second-order valence-corrected chi connectivity index (χ2v) is 7.01. The molecule has 1 fully saturated rings. The van der Waals surface area contributed by atoms with E-state index < -0.39 is 11.7 Å². The molecule has 1 saturated heterocycles. The SMILES string of the molecule is FC(F)(F)c1ccccc1CN1CCC(c2nnc3n2CCNC3)CC1. The number of piperidine rings is 1. The van der Waals surface area contributed by atoms with Gasteiger partial charge in [-0.05, 0) is 37.6 Å². The van der Waals surface area contributed by atoms with Gasteiger partial charge in [0.15, 0.2) is 0 Å². The summed E-state index contributed by atoms with van der Waals surface area (Å²) >= 11 is 0. The van der Waals surface area contributed by atoms with Gasteiger partial charge in [0, 0.05) is 25.6 Å². The van der Waals surface area contributed by atoms with Crippen LogP contribution < -0.4 is 5.32 Å². The third kappa shape index (κ3) is 3.48. The topological polar surface area (TPSA) is 46.0 Å². The minimum Gasteiger partial charge on any atom is -0.312 e. The van der Waals surface area contributed by atoms with E-state index in [1.807, 2.05) is 0 Å². The summed E-state index contributed by atoms with van der Waals surface area (Å²) in [6, 6.07) is 5.87. The standard InChI is InChI=1S/C18H22F3N5/c19-18(20,21)15-4-2-1-3-14(15)12-25-8-5-13(6-9-25)17-24-23-16-11-22-7-10-26(16)17/h1-4,13,22H,5-12H2. The van der Waals surface area contributed by atoms with Gasteiger partial charge in [-0.2, -0.15) is 13.2 Å². The summed E-state index contributed by atoms with van der Waals surface area (Å²) in [6.07, 6.45) is -2.50. The normalized spacial score (nSPS) is 19.5. The van der Waals surface area contributed by atoms with E-state index >= 15 is 0 Å². The van der Waals surface area contributed by atoms with Crippen molar-refractivity contribution in [2.24, 2.45) is 0 Å². The Hall–Kier alpha value is -1.93. The maximum atomic E-state index is 13.2. The molecular weight excluding hydrogens is 343 g/mol. The van der Waals surface area contributed by atoms with Crippen molar-refractivity contribution in [1.82, 2.24) is 25.0 Å². The number of halogens is 3. The van der Waals surface area contributed by atoms with Gasteiger partial charge in [-0.1, -0.05) is 18.2 Å². The average Bonchev–Trinajstić information content (AvgIpc) is 3.06. The van der Waals surface area contributed by atoms with E-state index in [0.29, 0.717) is 18.0 Å². The minimum absolute atomic E-state index is 0.337. The molecule has 2 aliphatic heterocycles. The van der Waals surface area contributed by atoms with Crippen LogP contribution in [0.3, 0.4) is 0 Å². The summed E-state index contributed by atoms with van der Waals surface area (Å²) < 4.78 is 41.7. The highest BCUT2D eigenvalue weighted by molar-refractivity contribution is 5.29. The van der Waals surface area contributed by atoms with Crippen molar-refractivity contribution in [1.29, 1.82) is 0 Å². The molecule has 0 spiro atoms. The van der Waals surface area contributed by atoms with Crippen LogP contribution in [-0.2, 0) is 25.8 Å². The van der Waals surface area contributed by atoms with E-state index in [2.05, 4.69) is 25.0 Å². The van der Waals surface area contributed by atoms with Gasteiger partial charge in [-0.25, -0.2) is 0 Å². The molecule has 2 aromatic rings. The number of fused-ring (bicyclic) bond motifs is 1. The molecule has 1 aromatic heterocycles. The minimum atomic E-state index is -4.30. The van der Waals surface area contributed by atoms with Crippen molar-refractivity contribution in [3.8, 4) is 0 Å². The number of hydrogen-bond donors (Lipinski definition) is 1. The number of likely N-dealkylation sites (tertiary alicyclic amines) is 1. The summed E-state index contributed by atoms with van der Waals surface area (Å²) in [5.41, 5.74) is -0.175. The van der Waals surface area contributed by atoms with Gasteiger partial charge in [0.05, 0.1) is 12.1 Å². The summed E-state index contributed by atoms with van der Waals surface area (Å²) in [5.74, 6) is 2.35. The van der Waals surface area contributed by atoms with E-state index in [1.54, 1.807) is 12.1 Å². The van der Waals surface area contributed by atoms with Crippen LogP contribution in [0.5, 0.6) is 0 Å². The van der Waals surface area contributed by atoms with Crippen LogP contribution in [0, 0.1) is 0 Å². The van der Waals surface area contributed by atoms with E-state index in [0.717, 1.165) is 57.2 Å². The van der Waals surface area contributed by atoms with Crippen molar-refractivity contribution < 1.29 is 13.2 Å². The second-order valence-electron chi connectivity index (χ2n) is 7.01. The summed E-state index contributed by atoms with van der Waals surface area (Å²) in [6.45, 7) is 4.45. The van der Waals surface area contributed by atoms with Crippen LogP contribution in [0.15, 0.2) is 24.3 Å². The lowest BCUT2D eigenvalue weighted by Gasteiger charge is -2.32. The molecule has 4 rings (SSSR count). The fourth-order valence-corrected chi connectivity index (χ4v) is 3.94. The number of rotatable bonds is 3. The molecule has 0 aliphatic carbocycles. The Balaban J connectivity index is 1.41. The van der Waals surface area contributed by atoms with Crippen LogP contribution in [0.4, 0.5) is 13.2 Å². The molecule has 0 radical (unpaired) electrons. The Kier molecular flexibility index (Phi) is 4.71. The van der Waals surface area contributed by atoms with Crippen LogP contribution in [0.2, 0.25) is 0 Å². The molecule has 1 aromatic carbocycles. The molecule has 0 bridgehead atoms. The fourth-order valence-electron chi connectivity index (χ4n) is 3.94. The number of nitrogens with zero attached hydrogens (tertiary/aromatic N) is 4. The molecule has 0 unspecified atom stereocenters. The van der Waals surface area contributed by atoms with Crippen molar-refractivity contribution in [3.63, 3.8) is 0 Å². The quantitative estimate of drug-likeness (QED) is 0.909. The Bertz CT molecular complexity index is 762. The Morgan fingerprint density at radius 2 is 1.85 bits per heavy atom. The van der Waals surface area contributed by atoms with Crippen molar-refractivity contribution in [3.05, 3.63) is 47.0 Å². The molecular formula is C18H22F3N5. The van der Waals surface area contributed by atoms with Crippen LogP contribution >= 0.6 is 0 Å². The van der Waals surface area contributed by atoms with Gasteiger partial charge in [0.25, 0.3) is 0 Å². The first-order chi connectivity index (χ1) is 12.5. The van der Waals surface area contributed by atoms with Gasteiger partial charge >= 0.3 is 6.18 Å². The number of aromatic nitrogens is 3. The highest BCUT2D eigenvalue weighted by atomic mass is 19.4. The largest absolute Gasteiger partial charge is 0.416 e. The Morgan fingerprint density at radius 1 is 1.08 bits per heavy atom. The lowest BCUT2D eigenvalue weighted by molar-refractivity contribution is -0.138. The van der Waals surface area contributed by atoms with Crippen molar-refractivity contribution in [2.45, 2.75) is 44.6 Å². The van der Waals surface area contributed by atoms with E-state index in [1.165, 1.54) is 12.1 Å². The zero-order valence-corrected chi connectivity index (χ0v) is 14.5. The van der Waals surface area contributed by atoms with Gasteiger partial charge in [0.1, 0.15) is 11.6 Å². The Morgan fingerprint density at radius 3 is 2.62 bits per heavy atom. The molecule has 0 amide bonds. The fraction of sp³-hybridized carbons (Fsp3) is 0.556. The molecule has 5 nitrogen and oxygen atoms in total. The molecule has 26 heavy (non-hydrogen) atoms. The van der Waals surface area contributed by atoms with E-state index in [9.17, 15) is 13.2 Å². The summed E-state index contributed by atoms with van der Waals surface area (Å²) in [5, 5.41) is 11.9. The lowest BCUT2D eigenvalue weighted by Crippen LogP contribution is -2.35. The average molecular weight is 365 g/mol. The Labute approximate surface area is 150 Å². The predicted molar refractivity (Wildman–Crippen MR) is 90.4 cm³/mol. The van der Waals surface area contributed by atoms with Gasteiger partial charge in [0.2, 0.25) is 0 Å². The highest BCUT2D eigenvalue weighted by Crippen LogP contribution is 2.34. The summed E-state index contributed by atoms with van der Waals surface area (Å²) in [4.78, 5) is 2.11. The third-order valence-electron chi connectivity index (χ3n) is 5.32. The molecule has 3 heterocycles. The number of benzene rings is 1. The van der Waals surface area contributed by atoms with Crippen molar-refractivity contribution in [2.75, 3.05) is 19.6 Å². The lowest BCUT2D eigenvalue weighted by atomic mass is 9.95. The molecule has 0 saturated carbocycles. The predicted octanol–water partition coefficient (Wildman–Crippen LogP) is 2.78. The van der Waals surface area contributed by atoms with Crippen LogP contribution in [0.1, 0.15) is 41.5 Å². The smallest absolute Gasteiger partial charge is 0.312 e. The second kappa shape index (κ2) is 7.00. The van der Waals surface area contributed by atoms with E-state index in [4.69, 9.17) is 0 Å². The van der Waals surface area contributed by atoms with Gasteiger partial charge < -0.3 is 9.88 Å². The monoisotopic (exact) mass is 365 g/mol. The zero-order valence-electron chi connectivity index (χ0n) is 14.5. The summed E-state index contributed by atoms with van der Waals surface area (Å²) in [7, 11) is 0. The first-order valence-electron chi connectivity index (χ1n) is 9.02. The number of alkyl halides is 3. The highest BCUT2D eigenvalue weighted by Gasteiger charge is 2.34. The van der Waals surface area contributed by atoms with Gasteiger partial charge in [-0.15, -0.1) is 10.2 Å². The van der Waals surface area contributed by atoms with Crippen molar-refractivity contribution >= 4 is 0 Å². The number of hydrogen-bond acceptors (Lipinski definition) is 4. The maximum absolute atomic E-state index is 13.2. The van der Waals surface area contributed by atoms with Crippen LogP contribution in [0.25, 0.3) is 0 Å². The molecule has 1 N–H and O–H groups in total. The first kappa shape index (κ1) is 17.5. The van der Waals surface area contributed by atoms with E-state index in [-0.39, 0.29) is 0 Å². The molecule has 0 atom stereocenters. The maximum Gasteiger partial charge on any atom is 0.416 e. The molecule has 2 aliphatic rings.